The largest absolute Gasteiger partial charge is 0.388 e. The first-order chi connectivity index (χ1) is 14.6. The number of Topliss-reactive ketones (excluding diaryl/α,β-unsaturated/α-hetero) is 1. The Hall–Kier alpha value is -1.01. The van der Waals surface area contributed by atoms with E-state index in [0.717, 1.165) is 24.8 Å². The summed E-state index contributed by atoms with van der Waals surface area (Å²) in [5.41, 5.74) is -0.667. The maximum atomic E-state index is 13.0. The summed E-state index contributed by atoms with van der Waals surface area (Å²) in [6, 6.07) is 0. The molecule has 0 aromatic heterocycles. The van der Waals surface area contributed by atoms with Gasteiger partial charge in [-0.2, -0.15) is 0 Å². The number of aliphatic hydroxyl groups is 1. The zero-order valence-corrected chi connectivity index (χ0v) is 19.6. The molecule has 0 aromatic carbocycles. The standard InChI is InChI=1S/C25H33ClO5/c1-14(2)31-21-11-23-13-30-25(23,20(29)12-27)15(3)9-19(23)18-6-5-16-10-17(28)7-8-22(16,4)24(18,21)26/h7-8,10,14-15,18-19,21,27H,5-6,9,11-13H2,1-4H3/t15-,18-,19-,21-,22-,23+,24-,25-/m0/s1. The predicted octanol–water partition coefficient (Wildman–Crippen LogP) is 3.62. The topological polar surface area (TPSA) is 72.8 Å². The Morgan fingerprint density at radius 1 is 1.39 bits per heavy atom. The average molecular weight is 449 g/mol. The van der Waals surface area contributed by atoms with E-state index in [4.69, 9.17) is 21.1 Å². The lowest BCUT2D eigenvalue weighted by Gasteiger charge is -2.68. The van der Waals surface area contributed by atoms with Crippen molar-refractivity contribution in [2.45, 2.75) is 76.1 Å². The fourth-order valence-electron chi connectivity index (χ4n) is 8.22. The maximum Gasteiger partial charge on any atom is 0.190 e. The van der Waals surface area contributed by atoms with Gasteiger partial charge < -0.3 is 14.6 Å². The van der Waals surface area contributed by atoms with Gasteiger partial charge in [0.15, 0.2) is 11.6 Å². The second kappa shape index (κ2) is 6.75. The van der Waals surface area contributed by atoms with Gasteiger partial charge in [-0.25, -0.2) is 0 Å². The van der Waals surface area contributed by atoms with E-state index in [0.29, 0.717) is 13.0 Å². The second-order valence-corrected chi connectivity index (χ2v) is 11.5. The van der Waals surface area contributed by atoms with E-state index < -0.39 is 22.5 Å². The number of hydrogen-bond donors (Lipinski definition) is 1. The lowest BCUT2D eigenvalue weighted by Crippen LogP contribution is -2.76. The Morgan fingerprint density at radius 2 is 2.13 bits per heavy atom. The van der Waals surface area contributed by atoms with Crippen LogP contribution < -0.4 is 0 Å². The van der Waals surface area contributed by atoms with Gasteiger partial charge in [0, 0.05) is 10.8 Å². The Morgan fingerprint density at radius 3 is 2.74 bits per heavy atom. The fourth-order valence-corrected chi connectivity index (χ4v) is 8.80. The molecule has 5 nitrogen and oxygen atoms in total. The highest BCUT2D eigenvalue weighted by Gasteiger charge is 2.81. The van der Waals surface area contributed by atoms with Gasteiger partial charge in [-0.05, 0) is 69.4 Å². The molecule has 5 rings (SSSR count). The van der Waals surface area contributed by atoms with Crippen LogP contribution in [0.15, 0.2) is 23.8 Å². The van der Waals surface area contributed by atoms with Crippen LogP contribution in [0.4, 0.5) is 0 Å². The van der Waals surface area contributed by atoms with E-state index in [9.17, 15) is 14.7 Å². The third-order valence-electron chi connectivity index (χ3n) is 9.43. The Bertz CT molecular complexity index is 894. The fraction of sp³-hybridized carbons (Fsp3) is 0.760. The smallest absolute Gasteiger partial charge is 0.190 e. The van der Waals surface area contributed by atoms with Gasteiger partial charge >= 0.3 is 0 Å². The van der Waals surface area contributed by atoms with Crippen LogP contribution in [-0.4, -0.2) is 52.6 Å². The van der Waals surface area contributed by atoms with Crippen LogP contribution in [0, 0.1) is 28.6 Å². The molecule has 1 spiro atoms. The van der Waals surface area contributed by atoms with Crippen molar-refractivity contribution in [3.63, 3.8) is 0 Å². The molecular weight excluding hydrogens is 416 g/mol. The minimum atomic E-state index is -0.932. The molecule has 0 aromatic rings. The Labute approximate surface area is 189 Å². The highest BCUT2D eigenvalue weighted by Crippen LogP contribution is 2.75. The van der Waals surface area contributed by atoms with Crippen LogP contribution in [0.5, 0.6) is 0 Å². The molecule has 5 aliphatic rings. The molecule has 6 heteroatoms. The van der Waals surface area contributed by atoms with E-state index in [1.165, 1.54) is 0 Å². The van der Waals surface area contributed by atoms with Crippen molar-refractivity contribution in [2.24, 2.45) is 28.6 Å². The van der Waals surface area contributed by atoms with Gasteiger partial charge in [0.25, 0.3) is 0 Å². The first-order valence-corrected chi connectivity index (χ1v) is 12.0. The summed E-state index contributed by atoms with van der Waals surface area (Å²) >= 11 is 7.75. The molecule has 1 saturated heterocycles. The zero-order valence-electron chi connectivity index (χ0n) is 18.8. The first kappa shape index (κ1) is 21.8. The maximum absolute atomic E-state index is 13.0. The van der Waals surface area contributed by atoms with Crippen molar-refractivity contribution in [1.82, 2.24) is 0 Å². The Kier molecular flexibility index (Phi) is 4.75. The lowest BCUT2D eigenvalue weighted by atomic mass is 9.44. The van der Waals surface area contributed by atoms with Gasteiger partial charge in [-0.3, -0.25) is 9.59 Å². The van der Waals surface area contributed by atoms with Crippen LogP contribution in [0.3, 0.4) is 0 Å². The number of alkyl halides is 1. The Balaban J connectivity index is 1.66. The molecule has 1 aliphatic heterocycles. The van der Waals surface area contributed by atoms with Crippen molar-refractivity contribution >= 4 is 23.2 Å². The number of carbonyl (C=O) groups excluding carboxylic acids is 2. The molecule has 1 N–H and O–H groups in total. The molecule has 0 unspecified atom stereocenters. The molecule has 0 radical (unpaired) electrons. The van der Waals surface area contributed by atoms with Gasteiger partial charge in [0.1, 0.15) is 12.2 Å². The zero-order chi connectivity index (χ0) is 22.4. The minimum Gasteiger partial charge on any atom is -0.388 e. The number of fused-ring (bicyclic) bond motifs is 4. The number of hydrogen-bond acceptors (Lipinski definition) is 5. The summed E-state index contributed by atoms with van der Waals surface area (Å²) in [4.78, 5) is 24.5. The van der Waals surface area contributed by atoms with Crippen molar-refractivity contribution in [3.05, 3.63) is 23.8 Å². The third kappa shape index (κ3) is 2.39. The number of ketones is 2. The van der Waals surface area contributed by atoms with Gasteiger partial charge in [-0.15, -0.1) is 11.6 Å². The highest BCUT2D eigenvalue weighted by molar-refractivity contribution is 6.26. The second-order valence-electron chi connectivity index (χ2n) is 10.9. The van der Waals surface area contributed by atoms with Crippen molar-refractivity contribution in [1.29, 1.82) is 0 Å². The van der Waals surface area contributed by atoms with E-state index in [1.54, 1.807) is 12.2 Å². The van der Waals surface area contributed by atoms with Crippen LogP contribution in [0.2, 0.25) is 0 Å². The van der Waals surface area contributed by atoms with E-state index in [-0.39, 0.29) is 46.9 Å². The normalized spacial score (nSPS) is 50.2. The number of aliphatic hydroxyl groups excluding tert-OH is 1. The lowest BCUT2D eigenvalue weighted by molar-refractivity contribution is -0.297. The van der Waals surface area contributed by atoms with Crippen LogP contribution in [0.1, 0.15) is 53.4 Å². The quantitative estimate of drug-likeness (QED) is 0.665. The molecule has 3 saturated carbocycles. The minimum absolute atomic E-state index is 0.0224. The number of rotatable bonds is 4. The molecule has 4 fully saturated rings. The molecule has 31 heavy (non-hydrogen) atoms. The van der Waals surface area contributed by atoms with Crippen LogP contribution >= 0.6 is 11.6 Å². The number of halogens is 1. The van der Waals surface area contributed by atoms with E-state index in [1.807, 2.05) is 19.9 Å². The average Bonchev–Trinajstić information content (AvgIpc) is 2.86. The number of carbonyl (C=O) groups is 2. The summed E-state index contributed by atoms with van der Waals surface area (Å²) in [7, 11) is 0. The number of ether oxygens (including phenoxy) is 2. The summed E-state index contributed by atoms with van der Waals surface area (Å²) in [5.74, 6) is 0.198. The van der Waals surface area contributed by atoms with Crippen LogP contribution in [-0.2, 0) is 19.1 Å². The number of allylic oxidation sites excluding steroid dienone is 4. The molecule has 0 bridgehead atoms. The summed E-state index contributed by atoms with van der Waals surface area (Å²) in [6.45, 7) is 8.28. The van der Waals surface area contributed by atoms with E-state index >= 15 is 0 Å². The van der Waals surface area contributed by atoms with E-state index in [2.05, 4.69) is 13.8 Å². The summed E-state index contributed by atoms with van der Waals surface area (Å²) in [5, 5.41) is 9.80. The molecule has 0 amide bonds. The monoisotopic (exact) mass is 448 g/mol. The van der Waals surface area contributed by atoms with Crippen LogP contribution in [0.25, 0.3) is 0 Å². The molecular formula is C25H33ClO5. The predicted molar refractivity (Wildman–Crippen MR) is 117 cm³/mol. The molecule has 170 valence electrons. The van der Waals surface area contributed by atoms with Gasteiger partial charge in [0.05, 0.1) is 23.7 Å². The first-order valence-electron chi connectivity index (χ1n) is 11.6. The summed E-state index contributed by atoms with van der Waals surface area (Å²) in [6.07, 6.45) is 8.28. The van der Waals surface area contributed by atoms with Gasteiger partial charge in [-0.1, -0.05) is 25.5 Å². The highest BCUT2D eigenvalue weighted by atomic mass is 35.5. The van der Waals surface area contributed by atoms with Crippen molar-refractivity contribution < 1.29 is 24.2 Å². The van der Waals surface area contributed by atoms with Gasteiger partial charge in [0.2, 0.25) is 0 Å². The SMILES string of the molecule is CC(C)O[C@H]1C[C@]23CO[C@]2(C(=O)CO)[C@@H](C)C[C@H]3[C@@H]2CCC3=CC(=O)C=C[C@]3(C)[C@@]12Cl. The molecule has 4 aliphatic carbocycles. The molecule has 8 atom stereocenters. The molecule has 1 heterocycles. The third-order valence-corrected chi connectivity index (χ3v) is 10.3. The van der Waals surface area contributed by atoms with Crippen molar-refractivity contribution in [3.8, 4) is 0 Å². The summed E-state index contributed by atoms with van der Waals surface area (Å²) < 4.78 is 12.6. The van der Waals surface area contributed by atoms with Crippen molar-refractivity contribution in [2.75, 3.05) is 13.2 Å².